The van der Waals surface area contributed by atoms with Crippen molar-refractivity contribution >= 4 is 11.9 Å². The zero-order valence-corrected chi connectivity index (χ0v) is 12.1. The Balaban J connectivity index is 1.76. The van der Waals surface area contributed by atoms with E-state index in [0.29, 0.717) is 24.4 Å². The smallest absolute Gasteiger partial charge is 0.255 e. The molecule has 1 saturated carbocycles. The number of carboxylic acids is 1. The molecule has 3 rings (SSSR count). The molecule has 4 heteroatoms. The Morgan fingerprint density at radius 1 is 1.24 bits per heavy atom. The van der Waals surface area contributed by atoms with Crippen LogP contribution >= 0.6 is 0 Å². The van der Waals surface area contributed by atoms with Crippen molar-refractivity contribution in [3.05, 3.63) is 35.4 Å². The molecule has 0 saturated heterocycles. The third kappa shape index (κ3) is 2.80. The van der Waals surface area contributed by atoms with Crippen LogP contribution in [0, 0.1) is 5.92 Å². The highest BCUT2D eigenvalue weighted by atomic mass is 16.4. The second kappa shape index (κ2) is 5.88. The van der Waals surface area contributed by atoms with Crippen LogP contribution in [0.1, 0.15) is 54.4 Å². The average molecular weight is 286 g/mol. The Morgan fingerprint density at radius 2 is 1.95 bits per heavy atom. The summed E-state index contributed by atoms with van der Waals surface area (Å²) in [5.41, 5.74) is 1.55. The second-order valence-electron chi connectivity index (χ2n) is 6.16. The summed E-state index contributed by atoms with van der Waals surface area (Å²) in [5.74, 6) is -0.893. The number of fused-ring (bicyclic) bond motifs is 1. The van der Waals surface area contributed by atoms with Crippen LogP contribution in [0.15, 0.2) is 24.3 Å². The minimum absolute atomic E-state index is 0.171. The molecule has 21 heavy (non-hydrogen) atoms. The number of carbonyl (C=O) groups is 2. The van der Waals surface area contributed by atoms with Gasteiger partial charge in [-0.15, -0.1) is 0 Å². The number of nitrogens with zero attached hydrogens (tertiary/aromatic N) is 1. The Labute approximate surface area is 124 Å². The standard InChI is InChI=1S/C17H21NO3/c19-16-14-9-5-4-8-13(14)11-18(16)15(17(20)21)10-12-6-2-1-3-7-12/h4-5,8-9,12,15H,1-3,6-7,10-11H2,(H,20,21)/p-1/t15-/m0/s1. The Kier molecular flexibility index (Phi) is 3.95. The highest BCUT2D eigenvalue weighted by Crippen LogP contribution is 2.31. The molecule has 1 amide bonds. The first kappa shape index (κ1) is 14.1. The zero-order valence-electron chi connectivity index (χ0n) is 12.1. The molecule has 112 valence electrons. The summed E-state index contributed by atoms with van der Waals surface area (Å²) >= 11 is 0. The first-order valence-corrected chi connectivity index (χ1v) is 7.76. The normalized spacial score (nSPS) is 20.4. The van der Waals surface area contributed by atoms with Crippen LogP contribution in [0.4, 0.5) is 0 Å². The molecule has 0 unspecified atom stereocenters. The van der Waals surface area contributed by atoms with E-state index >= 15 is 0 Å². The lowest BCUT2D eigenvalue weighted by molar-refractivity contribution is -0.311. The number of carbonyl (C=O) groups excluding carboxylic acids is 2. The molecule has 4 nitrogen and oxygen atoms in total. The molecule has 0 radical (unpaired) electrons. The summed E-state index contributed by atoms with van der Waals surface area (Å²) in [4.78, 5) is 25.5. The zero-order chi connectivity index (χ0) is 14.8. The van der Waals surface area contributed by atoms with E-state index < -0.39 is 12.0 Å². The Morgan fingerprint density at radius 3 is 2.62 bits per heavy atom. The summed E-state index contributed by atoms with van der Waals surface area (Å²) < 4.78 is 0. The van der Waals surface area contributed by atoms with Crippen molar-refractivity contribution in [3.63, 3.8) is 0 Å². The maximum atomic E-state index is 12.4. The number of benzene rings is 1. The van der Waals surface area contributed by atoms with Gasteiger partial charge in [0.1, 0.15) is 0 Å². The molecular weight excluding hydrogens is 266 g/mol. The number of aliphatic carboxylic acids is 1. The van der Waals surface area contributed by atoms with E-state index in [4.69, 9.17) is 0 Å². The van der Waals surface area contributed by atoms with Crippen molar-refractivity contribution in [2.45, 2.75) is 51.1 Å². The topological polar surface area (TPSA) is 60.4 Å². The van der Waals surface area contributed by atoms with E-state index in [0.717, 1.165) is 18.4 Å². The predicted molar refractivity (Wildman–Crippen MR) is 76.3 cm³/mol. The van der Waals surface area contributed by atoms with Crippen LogP contribution in [0.25, 0.3) is 0 Å². The molecular formula is C17H20NO3-. The molecule has 1 heterocycles. The molecule has 1 aromatic carbocycles. The lowest BCUT2D eigenvalue weighted by atomic mass is 9.84. The summed E-state index contributed by atoms with van der Waals surface area (Å²) in [6.45, 7) is 0.389. The van der Waals surface area contributed by atoms with Gasteiger partial charge >= 0.3 is 0 Å². The lowest BCUT2D eigenvalue weighted by Gasteiger charge is -2.33. The van der Waals surface area contributed by atoms with Crippen LogP contribution in [0.3, 0.4) is 0 Å². The molecule has 1 aromatic rings. The quantitative estimate of drug-likeness (QED) is 0.847. The Hall–Kier alpha value is -1.84. The fourth-order valence-electron chi connectivity index (χ4n) is 3.62. The van der Waals surface area contributed by atoms with Gasteiger partial charge in [0.05, 0.1) is 12.0 Å². The molecule has 0 N–H and O–H groups in total. The van der Waals surface area contributed by atoms with Gasteiger partial charge in [0, 0.05) is 12.1 Å². The number of amides is 1. The highest BCUT2D eigenvalue weighted by molar-refractivity contribution is 6.00. The predicted octanol–water partition coefficient (Wildman–Crippen LogP) is 1.73. The van der Waals surface area contributed by atoms with Gasteiger partial charge < -0.3 is 14.8 Å². The molecule has 0 bridgehead atoms. The van der Waals surface area contributed by atoms with Crippen LogP contribution < -0.4 is 5.11 Å². The van der Waals surface area contributed by atoms with Crippen LogP contribution in [0.2, 0.25) is 0 Å². The fourth-order valence-corrected chi connectivity index (χ4v) is 3.62. The number of hydrogen-bond acceptors (Lipinski definition) is 3. The number of carboxylic acid groups (broad SMARTS) is 1. The minimum Gasteiger partial charge on any atom is -0.548 e. The van der Waals surface area contributed by atoms with Crippen molar-refractivity contribution in [1.82, 2.24) is 4.90 Å². The van der Waals surface area contributed by atoms with E-state index in [-0.39, 0.29) is 5.91 Å². The SMILES string of the molecule is O=C([O-])[C@H](CC1CCCCC1)N1Cc2ccccc2C1=O. The molecule has 1 atom stereocenters. The van der Waals surface area contributed by atoms with Gasteiger partial charge in [0.2, 0.25) is 0 Å². The first-order valence-electron chi connectivity index (χ1n) is 7.76. The minimum atomic E-state index is -1.12. The van der Waals surface area contributed by atoms with Crippen molar-refractivity contribution in [3.8, 4) is 0 Å². The van der Waals surface area contributed by atoms with Crippen LogP contribution in [-0.4, -0.2) is 22.8 Å². The molecule has 1 fully saturated rings. The van der Waals surface area contributed by atoms with E-state index in [1.54, 1.807) is 6.07 Å². The van der Waals surface area contributed by atoms with Crippen LogP contribution in [-0.2, 0) is 11.3 Å². The summed E-state index contributed by atoms with van der Waals surface area (Å²) in [6, 6.07) is 6.55. The molecule has 0 aromatic heterocycles. The molecule has 2 aliphatic rings. The number of hydrogen-bond donors (Lipinski definition) is 0. The summed E-state index contributed by atoms with van der Waals surface area (Å²) in [6.07, 6.45) is 6.23. The number of rotatable bonds is 4. The lowest BCUT2D eigenvalue weighted by Crippen LogP contribution is -2.49. The van der Waals surface area contributed by atoms with E-state index in [1.807, 2.05) is 18.2 Å². The van der Waals surface area contributed by atoms with Gasteiger partial charge in [-0.2, -0.15) is 0 Å². The fraction of sp³-hybridized carbons (Fsp3) is 0.529. The van der Waals surface area contributed by atoms with Crippen molar-refractivity contribution < 1.29 is 14.7 Å². The van der Waals surface area contributed by atoms with Gasteiger partial charge in [0.15, 0.2) is 0 Å². The van der Waals surface area contributed by atoms with Gasteiger partial charge in [-0.25, -0.2) is 0 Å². The van der Waals surface area contributed by atoms with Gasteiger partial charge in [-0.3, -0.25) is 4.79 Å². The van der Waals surface area contributed by atoms with E-state index in [9.17, 15) is 14.7 Å². The summed E-state index contributed by atoms with van der Waals surface area (Å²) in [7, 11) is 0. The second-order valence-corrected chi connectivity index (χ2v) is 6.16. The average Bonchev–Trinajstić information content (AvgIpc) is 2.83. The van der Waals surface area contributed by atoms with Gasteiger partial charge in [0.25, 0.3) is 5.91 Å². The maximum absolute atomic E-state index is 12.4. The molecule has 1 aliphatic heterocycles. The Bertz CT molecular complexity index is 549. The molecule has 0 spiro atoms. The largest absolute Gasteiger partial charge is 0.548 e. The van der Waals surface area contributed by atoms with E-state index in [2.05, 4.69) is 0 Å². The summed E-state index contributed by atoms with van der Waals surface area (Å²) in [5, 5.41) is 11.6. The van der Waals surface area contributed by atoms with Gasteiger partial charge in [-0.05, 0) is 24.0 Å². The first-order chi connectivity index (χ1) is 10.2. The van der Waals surface area contributed by atoms with Crippen LogP contribution in [0.5, 0.6) is 0 Å². The van der Waals surface area contributed by atoms with Crippen molar-refractivity contribution in [2.24, 2.45) is 5.92 Å². The highest BCUT2D eigenvalue weighted by Gasteiger charge is 2.34. The third-order valence-electron chi connectivity index (χ3n) is 4.78. The van der Waals surface area contributed by atoms with Crippen molar-refractivity contribution in [2.75, 3.05) is 0 Å². The van der Waals surface area contributed by atoms with Crippen molar-refractivity contribution in [1.29, 1.82) is 0 Å². The maximum Gasteiger partial charge on any atom is 0.255 e. The van der Waals surface area contributed by atoms with Gasteiger partial charge in [-0.1, -0.05) is 50.3 Å². The molecule has 1 aliphatic carbocycles. The van der Waals surface area contributed by atoms with E-state index in [1.165, 1.54) is 24.2 Å². The third-order valence-corrected chi connectivity index (χ3v) is 4.78. The monoisotopic (exact) mass is 286 g/mol.